The Hall–Kier alpha value is -2.68. The summed E-state index contributed by atoms with van der Waals surface area (Å²) in [5.41, 5.74) is 7.26. The van der Waals surface area contributed by atoms with Crippen LogP contribution in [-0.2, 0) is 4.79 Å². The largest absolute Gasteiger partial charge is 0.382 e. The number of nitrogens with zero attached hydrogens (tertiary/aromatic N) is 3. The van der Waals surface area contributed by atoms with Crippen molar-refractivity contribution in [1.29, 1.82) is 0 Å². The van der Waals surface area contributed by atoms with Gasteiger partial charge in [0, 0.05) is 5.69 Å². The summed E-state index contributed by atoms with van der Waals surface area (Å²) in [5.74, 6) is -0.273. The number of benzene rings is 1. The van der Waals surface area contributed by atoms with Gasteiger partial charge in [0.15, 0.2) is 16.6 Å². The van der Waals surface area contributed by atoms with E-state index in [1.165, 1.54) is 42.4 Å². The normalized spacial score (nSPS) is 12.3. The summed E-state index contributed by atoms with van der Waals surface area (Å²) in [5, 5.41) is 2.81. The molecule has 0 aliphatic heterocycles. The zero-order valence-corrected chi connectivity index (χ0v) is 12.9. The predicted octanol–water partition coefficient (Wildman–Crippen LogP) is 2.19. The average Bonchev–Trinajstić information content (AvgIpc) is 2.93. The van der Waals surface area contributed by atoms with Gasteiger partial charge in [-0.05, 0) is 31.2 Å². The average molecular weight is 332 g/mol. The number of rotatable bonds is 4. The Morgan fingerprint density at radius 3 is 2.78 bits per heavy atom. The number of amides is 1. The van der Waals surface area contributed by atoms with Crippen LogP contribution in [0.1, 0.15) is 6.92 Å². The van der Waals surface area contributed by atoms with Gasteiger partial charge in [-0.25, -0.2) is 19.3 Å². The lowest BCUT2D eigenvalue weighted by atomic mass is 10.3. The minimum atomic E-state index is -0.421. The first-order valence-electron chi connectivity index (χ1n) is 6.72. The number of carbonyl (C=O) groups excluding carboxylic acids is 1. The fourth-order valence-corrected chi connectivity index (χ4v) is 2.68. The second-order valence-electron chi connectivity index (χ2n) is 4.76. The molecule has 0 fully saturated rings. The van der Waals surface area contributed by atoms with Crippen molar-refractivity contribution in [3.63, 3.8) is 0 Å². The molecule has 7 nitrogen and oxygen atoms in total. The highest BCUT2D eigenvalue weighted by Gasteiger charge is 2.17. The van der Waals surface area contributed by atoms with Crippen molar-refractivity contribution in [2.24, 2.45) is 0 Å². The highest BCUT2D eigenvalue weighted by atomic mass is 32.2. The van der Waals surface area contributed by atoms with E-state index in [0.717, 1.165) is 0 Å². The fraction of sp³-hybridized carbons (Fsp3) is 0.143. The summed E-state index contributed by atoms with van der Waals surface area (Å²) in [6, 6.07) is 5.58. The second-order valence-corrected chi connectivity index (χ2v) is 6.09. The van der Waals surface area contributed by atoms with Gasteiger partial charge in [-0.3, -0.25) is 4.79 Å². The molecule has 4 N–H and O–H groups in total. The molecule has 9 heteroatoms. The Morgan fingerprint density at radius 1 is 1.35 bits per heavy atom. The van der Waals surface area contributed by atoms with Crippen LogP contribution in [0.2, 0.25) is 0 Å². The number of anilines is 2. The topological polar surface area (TPSA) is 110 Å². The summed E-state index contributed by atoms with van der Waals surface area (Å²) >= 11 is 1.23. The van der Waals surface area contributed by atoms with Gasteiger partial charge in [-0.1, -0.05) is 11.8 Å². The third-order valence-electron chi connectivity index (χ3n) is 3.07. The van der Waals surface area contributed by atoms with Crippen LogP contribution in [0.4, 0.5) is 15.9 Å². The van der Waals surface area contributed by atoms with E-state index in [0.29, 0.717) is 27.8 Å². The maximum Gasteiger partial charge on any atom is 0.237 e. The van der Waals surface area contributed by atoms with Gasteiger partial charge in [0.05, 0.1) is 5.25 Å². The van der Waals surface area contributed by atoms with E-state index in [-0.39, 0.29) is 11.7 Å². The number of nitrogens with two attached hydrogens (primary N) is 1. The number of hydrogen-bond donors (Lipinski definition) is 3. The van der Waals surface area contributed by atoms with E-state index in [9.17, 15) is 9.18 Å². The first kappa shape index (κ1) is 15.2. The number of aromatic amines is 1. The quantitative estimate of drug-likeness (QED) is 0.632. The molecule has 3 aromatic rings. The van der Waals surface area contributed by atoms with Gasteiger partial charge < -0.3 is 16.0 Å². The molecular formula is C14H13FN6OS. The number of aromatic nitrogens is 4. The Bertz CT molecular complexity index is 850. The van der Waals surface area contributed by atoms with E-state index in [1.54, 1.807) is 6.92 Å². The molecule has 0 spiro atoms. The van der Waals surface area contributed by atoms with Crippen molar-refractivity contribution in [2.45, 2.75) is 17.3 Å². The molecule has 0 aliphatic rings. The van der Waals surface area contributed by atoms with Crippen LogP contribution in [0.15, 0.2) is 35.7 Å². The first-order chi connectivity index (χ1) is 11.0. The van der Waals surface area contributed by atoms with Crippen LogP contribution in [0.5, 0.6) is 0 Å². The molecule has 118 valence electrons. The van der Waals surface area contributed by atoms with Crippen LogP contribution < -0.4 is 11.1 Å². The zero-order chi connectivity index (χ0) is 16.4. The number of fused-ring (bicyclic) bond motifs is 1. The molecule has 0 saturated heterocycles. The van der Waals surface area contributed by atoms with Gasteiger partial charge in [-0.15, -0.1) is 0 Å². The molecule has 3 rings (SSSR count). The number of hydrogen-bond acceptors (Lipinski definition) is 6. The Kier molecular flexibility index (Phi) is 4.11. The Morgan fingerprint density at radius 2 is 2.09 bits per heavy atom. The Labute approximate surface area is 134 Å². The molecule has 0 bridgehead atoms. The van der Waals surface area contributed by atoms with Gasteiger partial charge in [0.25, 0.3) is 0 Å². The first-order valence-corrected chi connectivity index (χ1v) is 7.60. The molecule has 0 aliphatic carbocycles. The monoisotopic (exact) mass is 332 g/mol. The summed E-state index contributed by atoms with van der Waals surface area (Å²) in [6.45, 7) is 1.74. The van der Waals surface area contributed by atoms with E-state index in [1.807, 2.05) is 0 Å². The number of imidazole rings is 1. The van der Waals surface area contributed by atoms with Crippen molar-refractivity contribution in [3.8, 4) is 0 Å². The van der Waals surface area contributed by atoms with Gasteiger partial charge in [-0.2, -0.15) is 0 Å². The van der Waals surface area contributed by atoms with Crippen LogP contribution in [0, 0.1) is 5.82 Å². The highest BCUT2D eigenvalue weighted by molar-refractivity contribution is 8.00. The van der Waals surface area contributed by atoms with Crippen LogP contribution in [0.25, 0.3) is 11.2 Å². The predicted molar refractivity (Wildman–Crippen MR) is 86.4 cm³/mol. The maximum atomic E-state index is 12.9. The maximum absolute atomic E-state index is 12.9. The molecule has 1 aromatic carbocycles. The van der Waals surface area contributed by atoms with Crippen LogP contribution in [0.3, 0.4) is 0 Å². The van der Waals surface area contributed by atoms with Gasteiger partial charge >= 0.3 is 0 Å². The van der Waals surface area contributed by atoms with Crippen molar-refractivity contribution in [1.82, 2.24) is 19.9 Å². The SMILES string of the molecule is C[C@@H](Sc1nc2ncnc(N)c2[nH]1)C(=O)Nc1ccc(F)cc1. The molecule has 0 radical (unpaired) electrons. The number of halogens is 1. The number of nitrogen functional groups attached to an aromatic ring is 1. The lowest BCUT2D eigenvalue weighted by Gasteiger charge is -2.10. The molecule has 1 atom stereocenters. The zero-order valence-electron chi connectivity index (χ0n) is 12.1. The van der Waals surface area contributed by atoms with Crippen LogP contribution in [-0.4, -0.2) is 31.1 Å². The van der Waals surface area contributed by atoms with Gasteiger partial charge in [0.1, 0.15) is 17.7 Å². The molecule has 0 unspecified atom stereocenters. The molecule has 2 heterocycles. The summed E-state index contributed by atoms with van der Waals surface area (Å²) in [4.78, 5) is 27.3. The number of H-pyrrole nitrogens is 1. The van der Waals surface area contributed by atoms with Gasteiger partial charge in [0.2, 0.25) is 5.91 Å². The summed E-state index contributed by atoms with van der Waals surface area (Å²) in [7, 11) is 0. The standard InChI is InChI=1S/C14H13FN6OS/c1-7(13(22)19-9-4-2-8(15)3-5-9)23-14-20-10-11(16)17-6-18-12(10)21-14/h2-7H,1H3,(H,19,22)(H3,16,17,18,20,21)/t7-/m1/s1. The third kappa shape index (κ3) is 3.39. The van der Waals surface area contributed by atoms with Crippen molar-refractivity contribution in [3.05, 3.63) is 36.4 Å². The Balaban J connectivity index is 1.69. The molecule has 23 heavy (non-hydrogen) atoms. The smallest absolute Gasteiger partial charge is 0.237 e. The second kappa shape index (κ2) is 6.21. The lowest BCUT2D eigenvalue weighted by molar-refractivity contribution is -0.115. The molecular weight excluding hydrogens is 319 g/mol. The van der Waals surface area contributed by atoms with Crippen molar-refractivity contribution < 1.29 is 9.18 Å². The van der Waals surface area contributed by atoms with E-state index >= 15 is 0 Å². The number of carbonyl (C=O) groups is 1. The van der Waals surface area contributed by atoms with Crippen molar-refractivity contribution >= 4 is 40.3 Å². The minimum Gasteiger partial charge on any atom is -0.382 e. The fourth-order valence-electron chi connectivity index (χ4n) is 1.88. The third-order valence-corrected chi connectivity index (χ3v) is 4.05. The minimum absolute atomic E-state index is 0.221. The molecule has 0 saturated carbocycles. The molecule has 2 aromatic heterocycles. The van der Waals surface area contributed by atoms with Crippen LogP contribution >= 0.6 is 11.8 Å². The number of nitrogens with one attached hydrogen (secondary N) is 2. The van der Waals surface area contributed by atoms with E-state index in [2.05, 4.69) is 25.3 Å². The van der Waals surface area contributed by atoms with E-state index in [4.69, 9.17) is 5.73 Å². The summed E-state index contributed by atoms with van der Waals surface area (Å²) in [6.07, 6.45) is 1.33. The lowest BCUT2D eigenvalue weighted by Crippen LogP contribution is -2.22. The molecule has 1 amide bonds. The highest BCUT2D eigenvalue weighted by Crippen LogP contribution is 2.25. The van der Waals surface area contributed by atoms with Crippen molar-refractivity contribution in [2.75, 3.05) is 11.1 Å². The number of thioether (sulfide) groups is 1. The summed E-state index contributed by atoms with van der Waals surface area (Å²) < 4.78 is 12.9. The van der Waals surface area contributed by atoms with E-state index < -0.39 is 5.25 Å².